The number of hydrogen-bond acceptors (Lipinski definition) is 4. The number of para-hydroxylation sites is 1. The smallest absolute Gasteiger partial charge is 0.326 e. The second-order valence-electron chi connectivity index (χ2n) is 5.87. The molecule has 2 rings (SSSR count). The zero-order chi connectivity index (χ0) is 18.2. The Morgan fingerprint density at radius 3 is 2.80 bits per heavy atom. The number of benzene rings is 1. The van der Waals surface area contributed by atoms with Gasteiger partial charge in [-0.25, -0.2) is 4.79 Å². The molecule has 1 aromatic rings. The second kappa shape index (κ2) is 9.05. The van der Waals surface area contributed by atoms with E-state index < -0.39 is 12.0 Å². The number of carbonyl (C=O) groups excluding carboxylic acids is 2. The Morgan fingerprint density at radius 2 is 2.08 bits per heavy atom. The molecule has 0 bridgehead atoms. The van der Waals surface area contributed by atoms with Gasteiger partial charge in [-0.05, 0) is 38.3 Å². The van der Waals surface area contributed by atoms with Gasteiger partial charge in [-0.15, -0.1) is 0 Å². The maximum atomic E-state index is 12.2. The number of ether oxygens (including phenoxy) is 1. The van der Waals surface area contributed by atoms with Gasteiger partial charge in [0, 0.05) is 19.5 Å². The first-order chi connectivity index (χ1) is 12.0. The third-order valence-corrected chi connectivity index (χ3v) is 4.14. The van der Waals surface area contributed by atoms with Crippen molar-refractivity contribution >= 4 is 17.8 Å². The van der Waals surface area contributed by atoms with Gasteiger partial charge >= 0.3 is 5.97 Å². The molecule has 1 saturated heterocycles. The molecule has 2 amide bonds. The highest BCUT2D eigenvalue weighted by atomic mass is 16.5. The Morgan fingerprint density at radius 1 is 1.32 bits per heavy atom. The first kappa shape index (κ1) is 18.8. The van der Waals surface area contributed by atoms with Crippen LogP contribution in [0, 0.1) is 0 Å². The fraction of sp³-hybridized carbons (Fsp3) is 0.500. The predicted octanol–water partition coefficient (Wildman–Crippen LogP) is 1.67. The molecule has 1 aromatic carbocycles. The molecule has 0 saturated carbocycles. The molecule has 1 heterocycles. The number of amides is 2. The molecular weight excluding hydrogens is 324 g/mol. The fourth-order valence-electron chi connectivity index (χ4n) is 2.94. The van der Waals surface area contributed by atoms with Gasteiger partial charge in [-0.1, -0.05) is 12.1 Å². The van der Waals surface area contributed by atoms with Gasteiger partial charge in [0.2, 0.25) is 5.91 Å². The summed E-state index contributed by atoms with van der Waals surface area (Å²) in [6.45, 7) is 3.16. The minimum absolute atomic E-state index is 0.172. The number of hydrogen-bond donors (Lipinski definition) is 2. The quantitative estimate of drug-likeness (QED) is 0.697. The summed E-state index contributed by atoms with van der Waals surface area (Å²) in [6, 6.07) is 6.28. The Bertz CT molecular complexity index is 632. The van der Waals surface area contributed by atoms with E-state index in [-0.39, 0.29) is 18.2 Å². The van der Waals surface area contributed by atoms with Crippen LogP contribution in [-0.2, 0) is 9.59 Å². The summed E-state index contributed by atoms with van der Waals surface area (Å²) in [6.07, 6.45) is 1.90. The number of nitrogens with zero attached hydrogens (tertiary/aromatic N) is 1. The fourth-order valence-corrected chi connectivity index (χ4v) is 2.94. The van der Waals surface area contributed by atoms with Crippen LogP contribution in [0.4, 0.5) is 0 Å². The lowest BCUT2D eigenvalue weighted by Crippen LogP contribution is -2.40. The van der Waals surface area contributed by atoms with E-state index in [0.717, 1.165) is 0 Å². The highest BCUT2D eigenvalue weighted by molar-refractivity contribution is 5.96. The predicted molar refractivity (Wildman–Crippen MR) is 91.5 cm³/mol. The van der Waals surface area contributed by atoms with E-state index in [1.807, 2.05) is 6.92 Å². The molecule has 1 fully saturated rings. The zero-order valence-corrected chi connectivity index (χ0v) is 14.4. The minimum atomic E-state index is -0.952. The van der Waals surface area contributed by atoms with Crippen LogP contribution in [0.2, 0.25) is 0 Å². The summed E-state index contributed by atoms with van der Waals surface area (Å²) in [7, 11) is 0. The van der Waals surface area contributed by atoms with Crippen molar-refractivity contribution in [1.82, 2.24) is 10.2 Å². The van der Waals surface area contributed by atoms with Gasteiger partial charge in [-0.2, -0.15) is 0 Å². The maximum absolute atomic E-state index is 12.2. The molecule has 25 heavy (non-hydrogen) atoms. The molecule has 7 heteroatoms. The molecule has 0 aromatic heterocycles. The number of aliphatic carboxylic acids is 1. The summed E-state index contributed by atoms with van der Waals surface area (Å²) >= 11 is 0. The molecule has 1 atom stereocenters. The molecule has 1 aliphatic rings. The SMILES string of the molecule is CCOc1ccccc1C(=O)NCCCC(=O)N1CCCC1C(=O)O. The first-order valence-electron chi connectivity index (χ1n) is 8.57. The Hall–Kier alpha value is -2.57. The molecular formula is C18H24N2O5. The van der Waals surface area contributed by atoms with Crippen LogP contribution in [0.1, 0.15) is 43.0 Å². The van der Waals surface area contributed by atoms with Crippen molar-refractivity contribution in [2.45, 2.75) is 38.6 Å². The van der Waals surface area contributed by atoms with E-state index in [1.165, 1.54) is 4.90 Å². The van der Waals surface area contributed by atoms with E-state index in [9.17, 15) is 14.4 Å². The average Bonchev–Trinajstić information content (AvgIpc) is 3.09. The maximum Gasteiger partial charge on any atom is 0.326 e. The summed E-state index contributed by atoms with van der Waals surface area (Å²) in [5.74, 6) is -0.846. The van der Waals surface area contributed by atoms with Gasteiger partial charge in [0.05, 0.1) is 12.2 Å². The zero-order valence-electron chi connectivity index (χ0n) is 14.4. The van der Waals surface area contributed by atoms with Crippen molar-refractivity contribution < 1.29 is 24.2 Å². The monoisotopic (exact) mass is 348 g/mol. The summed E-state index contributed by atoms with van der Waals surface area (Å²) in [5, 5.41) is 11.9. The lowest BCUT2D eigenvalue weighted by atomic mass is 10.2. The average molecular weight is 348 g/mol. The van der Waals surface area contributed by atoms with Crippen molar-refractivity contribution in [2.75, 3.05) is 19.7 Å². The van der Waals surface area contributed by atoms with Gasteiger partial charge in [-0.3, -0.25) is 9.59 Å². The second-order valence-corrected chi connectivity index (χ2v) is 5.87. The Balaban J connectivity index is 1.78. The molecule has 1 aliphatic heterocycles. The number of rotatable bonds is 8. The van der Waals surface area contributed by atoms with Crippen molar-refractivity contribution in [3.8, 4) is 5.75 Å². The van der Waals surface area contributed by atoms with Gasteiger partial charge in [0.15, 0.2) is 0 Å². The third-order valence-electron chi connectivity index (χ3n) is 4.14. The number of carboxylic acids is 1. The summed E-state index contributed by atoms with van der Waals surface area (Å²) in [4.78, 5) is 36.9. The van der Waals surface area contributed by atoms with E-state index >= 15 is 0 Å². The van der Waals surface area contributed by atoms with Gasteiger partial charge in [0.25, 0.3) is 5.91 Å². The number of carbonyl (C=O) groups is 3. The van der Waals surface area contributed by atoms with E-state index in [4.69, 9.17) is 9.84 Å². The molecule has 0 aliphatic carbocycles. The van der Waals surface area contributed by atoms with Gasteiger partial charge in [0.1, 0.15) is 11.8 Å². The molecule has 0 spiro atoms. The van der Waals surface area contributed by atoms with Crippen molar-refractivity contribution in [1.29, 1.82) is 0 Å². The van der Waals surface area contributed by atoms with E-state index in [2.05, 4.69) is 5.32 Å². The molecule has 7 nitrogen and oxygen atoms in total. The number of likely N-dealkylation sites (tertiary alicyclic amines) is 1. The van der Waals surface area contributed by atoms with Crippen LogP contribution in [0.25, 0.3) is 0 Å². The topological polar surface area (TPSA) is 95.9 Å². The molecule has 1 unspecified atom stereocenters. The van der Waals surface area contributed by atoms with Crippen LogP contribution in [0.5, 0.6) is 5.75 Å². The highest BCUT2D eigenvalue weighted by Crippen LogP contribution is 2.19. The van der Waals surface area contributed by atoms with Crippen LogP contribution in [0.3, 0.4) is 0 Å². The van der Waals surface area contributed by atoms with Crippen molar-refractivity contribution in [3.63, 3.8) is 0 Å². The molecule has 136 valence electrons. The molecule has 0 radical (unpaired) electrons. The van der Waals surface area contributed by atoms with E-state index in [0.29, 0.717) is 50.3 Å². The first-order valence-corrected chi connectivity index (χ1v) is 8.57. The highest BCUT2D eigenvalue weighted by Gasteiger charge is 2.33. The van der Waals surface area contributed by atoms with E-state index in [1.54, 1.807) is 24.3 Å². The minimum Gasteiger partial charge on any atom is -0.493 e. The normalized spacial score (nSPS) is 16.5. The standard InChI is InChI=1S/C18H24N2O5/c1-2-25-15-9-4-3-7-13(15)17(22)19-11-5-10-16(21)20-12-6-8-14(20)18(23)24/h3-4,7,9,14H,2,5-6,8,10-12H2,1H3,(H,19,22)(H,23,24). The lowest BCUT2D eigenvalue weighted by molar-refractivity contribution is -0.148. The summed E-state index contributed by atoms with van der Waals surface area (Å²) < 4.78 is 5.43. The summed E-state index contributed by atoms with van der Waals surface area (Å²) in [5.41, 5.74) is 0.459. The number of nitrogens with one attached hydrogen (secondary N) is 1. The van der Waals surface area contributed by atoms with Crippen LogP contribution in [-0.4, -0.2) is 53.5 Å². The van der Waals surface area contributed by atoms with Crippen molar-refractivity contribution in [2.24, 2.45) is 0 Å². The Kier molecular flexibility index (Phi) is 6.80. The molecule has 2 N–H and O–H groups in total. The Labute approximate surface area is 147 Å². The van der Waals surface area contributed by atoms with Crippen LogP contribution in [0.15, 0.2) is 24.3 Å². The third kappa shape index (κ3) is 4.95. The lowest BCUT2D eigenvalue weighted by Gasteiger charge is -2.21. The van der Waals surface area contributed by atoms with Crippen LogP contribution >= 0.6 is 0 Å². The van der Waals surface area contributed by atoms with Gasteiger partial charge < -0.3 is 20.1 Å². The van der Waals surface area contributed by atoms with Crippen LogP contribution < -0.4 is 10.1 Å². The van der Waals surface area contributed by atoms with Crippen molar-refractivity contribution in [3.05, 3.63) is 29.8 Å². The largest absolute Gasteiger partial charge is 0.493 e. The number of carboxylic acid groups (broad SMARTS) is 1.